The van der Waals surface area contributed by atoms with Gasteiger partial charge in [0.2, 0.25) is 0 Å². The molecule has 2 aliphatic carbocycles. The number of ether oxygens (including phenoxy) is 3. The van der Waals surface area contributed by atoms with Crippen molar-refractivity contribution in [1.82, 2.24) is 0 Å². The summed E-state index contributed by atoms with van der Waals surface area (Å²) in [5.41, 5.74) is -2.63. The van der Waals surface area contributed by atoms with Crippen molar-refractivity contribution in [2.24, 2.45) is 17.3 Å². The topological polar surface area (TPSA) is 96.0 Å². The van der Waals surface area contributed by atoms with Crippen LogP contribution >= 0.6 is 0 Å². The maximum absolute atomic E-state index is 14.5. The van der Waals surface area contributed by atoms with Crippen LogP contribution in [-0.2, 0) is 38.8 Å². The van der Waals surface area contributed by atoms with Crippen molar-refractivity contribution in [2.45, 2.75) is 19.3 Å². The lowest BCUT2D eigenvalue weighted by Gasteiger charge is -2.52. The summed E-state index contributed by atoms with van der Waals surface area (Å²) in [7, 11) is 2.38. The molecule has 0 saturated carbocycles. The average molecular weight is 489 g/mol. The second-order valence-corrected chi connectivity index (χ2v) is 8.81. The summed E-state index contributed by atoms with van der Waals surface area (Å²) in [6.07, 6.45) is 3.33. The predicted octanol–water partition coefficient (Wildman–Crippen LogP) is 3.68. The molecule has 0 N–H and O–H groups in total. The molecule has 2 aromatic rings. The molecule has 0 heterocycles. The molecule has 0 unspecified atom stereocenters. The number of fused-ring (bicyclic) bond motifs is 1. The van der Waals surface area contributed by atoms with Gasteiger partial charge in [-0.05, 0) is 29.5 Å². The van der Waals surface area contributed by atoms with Crippen molar-refractivity contribution in [2.75, 3.05) is 20.8 Å². The smallest absolute Gasteiger partial charge is 0.341 e. The van der Waals surface area contributed by atoms with E-state index in [4.69, 9.17) is 14.2 Å². The molecule has 7 nitrogen and oxygen atoms in total. The monoisotopic (exact) mass is 488 g/mol. The Morgan fingerprint density at radius 3 is 2.06 bits per heavy atom. The van der Waals surface area contributed by atoms with Crippen LogP contribution in [0.25, 0.3) is 5.57 Å². The molecule has 0 bridgehead atoms. The minimum Gasteiger partial charge on any atom is -0.468 e. The lowest BCUT2D eigenvalue weighted by molar-refractivity contribution is -0.167. The van der Waals surface area contributed by atoms with Crippen LogP contribution in [0.4, 0.5) is 0 Å². The van der Waals surface area contributed by atoms with Crippen LogP contribution in [0.5, 0.6) is 0 Å². The fraction of sp³-hybridized carbons (Fsp3) is 0.310. The Morgan fingerprint density at radius 2 is 1.50 bits per heavy atom. The number of carbonyl (C=O) groups excluding carboxylic acids is 4. The zero-order valence-electron chi connectivity index (χ0n) is 20.6. The van der Waals surface area contributed by atoms with E-state index in [9.17, 15) is 19.2 Å². The molecule has 0 amide bonds. The number of benzene rings is 2. The van der Waals surface area contributed by atoms with Gasteiger partial charge in [0.1, 0.15) is 5.57 Å². The Labute approximate surface area is 209 Å². The van der Waals surface area contributed by atoms with Crippen LogP contribution in [0, 0.1) is 17.3 Å². The first-order valence-electron chi connectivity index (χ1n) is 11.8. The Hall–Kier alpha value is -4.00. The number of ketones is 1. The number of hydrogen-bond acceptors (Lipinski definition) is 7. The van der Waals surface area contributed by atoms with Gasteiger partial charge in [0, 0.05) is 0 Å². The summed E-state index contributed by atoms with van der Waals surface area (Å²) < 4.78 is 15.8. The Balaban J connectivity index is 2.30. The van der Waals surface area contributed by atoms with E-state index in [0.717, 1.165) is 0 Å². The van der Waals surface area contributed by atoms with E-state index in [0.29, 0.717) is 11.1 Å². The molecule has 0 fully saturated rings. The van der Waals surface area contributed by atoms with Crippen molar-refractivity contribution in [1.29, 1.82) is 0 Å². The second kappa shape index (κ2) is 9.57. The molecule has 36 heavy (non-hydrogen) atoms. The third kappa shape index (κ3) is 3.19. The molecular formula is C29H28O7. The van der Waals surface area contributed by atoms with Crippen LogP contribution in [0.3, 0.4) is 0 Å². The number of methoxy groups -OCH3 is 2. The van der Waals surface area contributed by atoms with Gasteiger partial charge in [0.15, 0.2) is 11.2 Å². The number of rotatable bonds is 6. The largest absolute Gasteiger partial charge is 0.468 e. The van der Waals surface area contributed by atoms with Gasteiger partial charge in [-0.3, -0.25) is 14.4 Å². The quantitative estimate of drug-likeness (QED) is 0.201. The summed E-state index contributed by atoms with van der Waals surface area (Å²) in [4.78, 5) is 55.4. The van der Waals surface area contributed by atoms with E-state index in [-0.39, 0.29) is 17.8 Å². The van der Waals surface area contributed by atoms with Gasteiger partial charge in [-0.25, -0.2) is 4.79 Å². The number of hydrogen-bond donors (Lipinski definition) is 0. The third-order valence-corrected chi connectivity index (χ3v) is 7.32. The van der Waals surface area contributed by atoms with Crippen LogP contribution in [-0.4, -0.2) is 44.5 Å². The first-order chi connectivity index (χ1) is 17.3. The molecule has 4 atom stereocenters. The molecule has 7 heteroatoms. The Kier molecular flexibility index (Phi) is 6.67. The van der Waals surface area contributed by atoms with Gasteiger partial charge in [-0.15, -0.1) is 0 Å². The second-order valence-electron chi connectivity index (χ2n) is 8.81. The fourth-order valence-corrected chi connectivity index (χ4v) is 6.03. The summed E-state index contributed by atoms with van der Waals surface area (Å²) >= 11 is 0. The third-order valence-electron chi connectivity index (χ3n) is 7.32. The molecule has 0 saturated heterocycles. The fourth-order valence-electron chi connectivity index (χ4n) is 6.03. The predicted molar refractivity (Wildman–Crippen MR) is 131 cm³/mol. The van der Waals surface area contributed by atoms with Crippen molar-refractivity contribution in [3.8, 4) is 0 Å². The van der Waals surface area contributed by atoms with E-state index in [1.54, 1.807) is 86.7 Å². The zero-order valence-corrected chi connectivity index (χ0v) is 20.6. The number of esters is 3. The van der Waals surface area contributed by atoms with Gasteiger partial charge < -0.3 is 14.2 Å². The Morgan fingerprint density at radius 1 is 0.889 bits per heavy atom. The Bertz CT molecular complexity index is 1260. The molecule has 4 rings (SSSR count). The van der Waals surface area contributed by atoms with Crippen molar-refractivity contribution < 1.29 is 33.4 Å². The van der Waals surface area contributed by atoms with Crippen LogP contribution < -0.4 is 0 Å². The maximum Gasteiger partial charge on any atom is 0.341 e. The molecule has 0 spiro atoms. The minimum absolute atomic E-state index is 0.0943. The van der Waals surface area contributed by atoms with E-state index in [2.05, 4.69) is 0 Å². The highest BCUT2D eigenvalue weighted by atomic mass is 16.5. The highest BCUT2D eigenvalue weighted by Crippen LogP contribution is 2.68. The molecule has 0 aliphatic heterocycles. The normalized spacial score (nSPS) is 26.8. The summed E-state index contributed by atoms with van der Waals surface area (Å²) in [5, 5.41) is 0. The van der Waals surface area contributed by atoms with Gasteiger partial charge in [0.05, 0.1) is 32.2 Å². The highest BCUT2D eigenvalue weighted by Gasteiger charge is 2.77. The lowest BCUT2D eigenvalue weighted by atomic mass is 9.46. The summed E-state index contributed by atoms with van der Waals surface area (Å²) in [5.74, 6) is -4.93. The van der Waals surface area contributed by atoms with E-state index >= 15 is 0 Å². The van der Waals surface area contributed by atoms with Gasteiger partial charge in [-0.2, -0.15) is 0 Å². The number of allylic oxidation sites excluding steroid dienone is 2. The summed E-state index contributed by atoms with van der Waals surface area (Å²) in [6, 6.07) is 17.7. The van der Waals surface area contributed by atoms with E-state index < -0.39 is 46.4 Å². The van der Waals surface area contributed by atoms with Gasteiger partial charge in [-0.1, -0.05) is 79.7 Å². The molecule has 0 radical (unpaired) electrons. The van der Waals surface area contributed by atoms with Crippen LogP contribution in [0.1, 0.15) is 25.0 Å². The SMILES string of the molecule is CCOC(=O)[C@H]1C=C[C@H](C)[C@@]2(C(=O)OC)C(=O)C(C(=O)OC)=C(c3ccccc3)[C@@]12c1ccccc1. The zero-order chi connectivity index (χ0) is 26.1. The first kappa shape index (κ1) is 25.1. The minimum atomic E-state index is -1.97. The van der Waals surface area contributed by atoms with Crippen LogP contribution in [0.15, 0.2) is 78.4 Å². The molecular weight excluding hydrogens is 460 g/mol. The average Bonchev–Trinajstić information content (AvgIpc) is 3.16. The molecule has 0 aromatic heterocycles. The highest BCUT2D eigenvalue weighted by molar-refractivity contribution is 6.35. The van der Waals surface area contributed by atoms with Crippen molar-refractivity contribution in [3.63, 3.8) is 0 Å². The summed E-state index contributed by atoms with van der Waals surface area (Å²) in [6.45, 7) is 3.49. The van der Waals surface area contributed by atoms with Crippen LogP contribution in [0.2, 0.25) is 0 Å². The molecule has 2 aromatic carbocycles. The number of Topliss-reactive ketones (excluding diaryl/α,β-unsaturated/α-hetero) is 1. The lowest BCUT2D eigenvalue weighted by Crippen LogP contribution is -2.62. The van der Waals surface area contributed by atoms with Gasteiger partial charge >= 0.3 is 17.9 Å². The molecule has 186 valence electrons. The molecule has 2 aliphatic rings. The number of carbonyl (C=O) groups is 4. The maximum atomic E-state index is 14.5. The van der Waals surface area contributed by atoms with Gasteiger partial charge in [0.25, 0.3) is 0 Å². The van der Waals surface area contributed by atoms with Crippen molar-refractivity contribution in [3.05, 3.63) is 89.5 Å². The van der Waals surface area contributed by atoms with Crippen molar-refractivity contribution >= 4 is 29.3 Å². The first-order valence-corrected chi connectivity index (χ1v) is 11.8. The standard InChI is InChI=1S/C29H28O7/c1-5-36-25(31)21-17-16-18(2)28(27(33)35-4)24(30)22(26(32)34-3)23(19-12-8-6-9-13-19)29(21,28)20-14-10-7-11-15-20/h6-18,21H,5H2,1-4H3/t18-,21+,28-,29+/m0/s1. The van der Waals surface area contributed by atoms with E-state index in [1.807, 2.05) is 0 Å². The van der Waals surface area contributed by atoms with E-state index in [1.165, 1.54) is 14.2 Å².